The van der Waals surface area contributed by atoms with Crippen LogP contribution >= 0.6 is 0 Å². The van der Waals surface area contributed by atoms with Gasteiger partial charge in [0.25, 0.3) is 0 Å². The van der Waals surface area contributed by atoms with E-state index in [9.17, 15) is 19.5 Å². The molecule has 2 aromatic carbocycles. The number of ether oxygens (including phenoxy) is 1. The van der Waals surface area contributed by atoms with Gasteiger partial charge in [-0.25, -0.2) is 9.59 Å². The molecule has 7 heteroatoms. The zero-order valence-electron chi connectivity index (χ0n) is 18.3. The minimum Gasteiger partial charge on any atom is -0.480 e. The lowest BCUT2D eigenvalue weighted by atomic mass is 9.95. The number of aliphatic carboxylic acids is 1. The number of nitrogens with one attached hydrogen (secondary N) is 2. The molecule has 1 fully saturated rings. The lowest BCUT2D eigenvalue weighted by Crippen LogP contribution is -2.55. The summed E-state index contributed by atoms with van der Waals surface area (Å²) in [7, 11) is 0. The normalized spacial score (nSPS) is 17.4. The molecular weight excluding hydrogens is 408 g/mol. The van der Waals surface area contributed by atoms with Crippen LogP contribution in [0, 0.1) is 5.92 Å². The van der Waals surface area contributed by atoms with Crippen molar-refractivity contribution in [2.75, 3.05) is 6.61 Å². The fraction of sp³-hybridized carbons (Fsp3) is 0.400. The number of carboxylic acid groups (broad SMARTS) is 1. The summed E-state index contributed by atoms with van der Waals surface area (Å²) >= 11 is 0. The third-order valence-electron chi connectivity index (χ3n) is 6.44. The van der Waals surface area contributed by atoms with Crippen LogP contribution in [0.1, 0.15) is 50.2 Å². The Morgan fingerprint density at radius 1 is 1.06 bits per heavy atom. The molecule has 3 N–H and O–H groups in total. The molecule has 0 spiro atoms. The molecule has 7 nitrogen and oxygen atoms in total. The zero-order chi connectivity index (χ0) is 22.9. The Labute approximate surface area is 187 Å². The van der Waals surface area contributed by atoms with Crippen molar-refractivity contribution >= 4 is 18.0 Å². The van der Waals surface area contributed by atoms with Gasteiger partial charge in [0.2, 0.25) is 5.91 Å². The van der Waals surface area contributed by atoms with Crippen molar-refractivity contribution in [1.82, 2.24) is 10.6 Å². The van der Waals surface area contributed by atoms with Gasteiger partial charge in [-0.05, 0) is 54.9 Å². The Balaban J connectivity index is 1.31. The van der Waals surface area contributed by atoms with Gasteiger partial charge in [-0.3, -0.25) is 4.79 Å². The largest absolute Gasteiger partial charge is 0.480 e. The summed E-state index contributed by atoms with van der Waals surface area (Å²) in [6.07, 6.45) is 0.947. The van der Waals surface area contributed by atoms with Gasteiger partial charge < -0.3 is 20.5 Å². The molecule has 0 heterocycles. The predicted molar refractivity (Wildman–Crippen MR) is 119 cm³/mol. The highest BCUT2D eigenvalue weighted by Crippen LogP contribution is 2.44. The average Bonchev–Trinajstić information content (AvgIpc) is 3.56. The minimum absolute atomic E-state index is 0.0280. The van der Waals surface area contributed by atoms with Crippen LogP contribution in [0.15, 0.2) is 48.5 Å². The van der Waals surface area contributed by atoms with Crippen LogP contribution in [0.3, 0.4) is 0 Å². The van der Waals surface area contributed by atoms with Crippen LogP contribution in [-0.2, 0) is 14.3 Å². The van der Waals surface area contributed by atoms with E-state index in [4.69, 9.17) is 4.74 Å². The molecule has 2 aromatic rings. The summed E-state index contributed by atoms with van der Waals surface area (Å²) < 4.78 is 5.50. The van der Waals surface area contributed by atoms with E-state index < -0.39 is 29.6 Å². The van der Waals surface area contributed by atoms with Crippen molar-refractivity contribution in [1.29, 1.82) is 0 Å². The lowest BCUT2D eigenvalue weighted by molar-refractivity contribution is -0.148. The molecule has 0 radical (unpaired) electrons. The Bertz CT molecular complexity index is 1000. The summed E-state index contributed by atoms with van der Waals surface area (Å²) in [6.45, 7) is 3.42. The summed E-state index contributed by atoms with van der Waals surface area (Å²) in [4.78, 5) is 36.3. The van der Waals surface area contributed by atoms with Crippen molar-refractivity contribution in [2.24, 2.45) is 5.92 Å². The molecule has 2 amide bonds. The van der Waals surface area contributed by atoms with Crippen LogP contribution in [0.4, 0.5) is 4.79 Å². The maximum atomic E-state index is 12.4. The van der Waals surface area contributed by atoms with Crippen LogP contribution in [0.5, 0.6) is 0 Å². The van der Waals surface area contributed by atoms with Crippen LogP contribution in [-0.4, -0.2) is 41.3 Å². The van der Waals surface area contributed by atoms with Crippen LogP contribution in [0.2, 0.25) is 0 Å². The predicted octanol–water partition coefficient (Wildman–Crippen LogP) is 3.67. The number of carbonyl (C=O) groups excluding carboxylic acids is 2. The molecule has 0 aliphatic heterocycles. The summed E-state index contributed by atoms with van der Waals surface area (Å²) in [6, 6.07) is 15.7. The van der Waals surface area contributed by atoms with Crippen molar-refractivity contribution in [2.45, 2.75) is 50.6 Å². The van der Waals surface area contributed by atoms with Crippen LogP contribution < -0.4 is 10.6 Å². The molecule has 32 heavy (non-hydrogen) atoms. The highest BCUT2D eigenvalue weighted by atomic mass is 16.5. The Morgan fingerprint density at radius 2 is 1.62 bits per heavy atom. The van der Waals surface area contributed by atoms with Crippen molar-refractivity contribution in [3.8, 4) is 11.1 Å². The molecule has 2 atom stereocenters. The number of benzene rings is 2. The van der Waals surface area contributed by atoms with E-state index in [0.717, 1.165) is 35.1 Å². The number of carbonyl (C=O) groups is 3. The first-order chi connectivity index (χ1) is 15.3. The number of rotatable bonds is 8. The molecule has 2 aliphatic rings. The van der Waals surface area contributed by atoms with Gasteiger partial charge in [0, 0.05) is 18.4 Å². The molecule has 0 bridgehead atoms. The van der Waals surface area contributed by atoms with Crippen LogP contribution in [0.25, 0.3) is 11.1 Å². The summed E-state index contributed by atoms with van der Waals surface area (Å²) in [5.74, 6) is -1.53. The Hall–Kier alpha value is -3.35. The van der Waals surface area contributed by atoms with E-state index >= 15 is 0 Å². The number of hydrogen-bond donors (Lipinski definition) is 3. The number of hydrogen-bond acceptors (Lipinski definition) is 4. The first kappa shape index (κ1) is 21.9. The molecular formula is C25H28N2O5. The fourth-order valence-corrected chi connectivity index (χ4v) is 4.50. The number of amides is 2. The van der Waals surface area contributed by atoms with Gasteiger partial charge in [0.1, 0.15) is 12.1 Å². The molecule has 4 rings (SSSR count). The zero-order valence-corrected chi connectivity index (χ0v) is 18.3. The maximum Gasteiger partial charge on any atom is 0.407 e. The fourth-order valence-electron chi connectivity index (χ4n) is 4.50. The molecule has 1 saturated carbocycles. The number of alkyl carbamates (subject to hydrolysis) is 1. The van der Waals surface area contributed by atoms with E-state index in [1.54, 1.807) is 6.92 Å². The molecule has 2 aliphatic carbocycles. The number of carboxylic acids is 1. The van der Waals surface area contributed by atoms with E-state index in [1.807, 2.05) is 36.4 Å². The van der Waals surface area contributed by atoms with E-state index in [1.165, 1.54) is 6.92 Å². The second-order valence-electron chi connectivity index (χ2n) is 8.91. The van der Waals surface area contributed by atoms with Crippen molar-refractivity contribution in [3.63, 3.8) is 0 Å². The second kappa shape index (κ2) is 8.65. The second-order valence-corrected chi connectivity index (χ2v) is 8.91. The Kier molecular flexibility index (Phi) is 5.91. The standard InChI is InChI=1S/C25H28N2O5/c1-15(13-22(28)27-25(2,23(29)30)16-11-12-16)26-24(31)32-14-21-19-9-5-3-7-17(19)18-8-4-6-10-20(18)21/h3-10,15-16,21H,11-14H2,1-2H3,(H,26,31)(H,27,28)(H,29,30)/t15-,25?/m1/s1. The SMILES string of the molecule is C[C@H](CC(=O)NC(C)(C(=O)O)C1CC1)NC(=O)OCC1c2ccccc2-c2ccccc21. The molecule has 0 saturated heterocycles. The molecule has 0 aromatic heterocycles. The van der Waals surface area contributed by atoms with Crippen molar-refractivity contribution in [3.05, 3.63) is 59.7 Å². The first-order valence-corrected chi connectivity index (χ1v) is 11.0. The third-order valence-corrected chi connectivity index (χ3v) is 6.44. The topological polar surface area (TPSA) is 105 Å². The van der Waals surface area contributed by atoms with Gasteiger partial charge in [-0.1, -0.05) is 48.5 Å². The van der Waals surface area contributed by atoms with Gasteiger partial charge in [-0.2, -0.15) is 0 Å². The third kappa shape index (κ3) is 4.33. The average molecular weight is 437 g/mol. The van der Waals surface area contributed by atoms with Gasteiger partial charge >= 0.3 is 12.1 Å². The highest BCUT2D eigenvalue weighted by Gasteiger charge is 2.48. The minimum atomic E-state index is -1.26. The quantitative estimate of drug-likeness (QED) is 0.586. The maximum absolute atomic E-state index is 12.4. The highest BCUT2D eigenvalue weighted by molar-refractivity contribution is 5.87. The molecule has 1 unspecified atom stereocenters. The van der Waals surface area contributed by atoms with E-state index in [0.29, 0.717) is 0 Å². The smallest absolute Gasteiger partial charge is 0.407 e. The van der Waals surface area contributed by atoms with E-state index in [2.05, 4.69) is 22.8 Å². The summed E-state index contributed by atoms with van der Waals surface area (Å²) in [5.41, 5.74) is 3.29. The van der Waals surface area contributed by atoms with Crippen molar-refractivity contribution < 1.29 is 24.2 Å². The monoisotopic (exact) mass is 436 g/mol. The molecule has 168 valence electrons. The number of fused-ring (bicyclic) bond motifs is 3. The lowest BCUT2D eigenvalue weighted by Gasteiger charge is -2.27. The van der Waals surface area contributed by atoms with Gasteiger partial charge in [-0.15, -0.1) is 0 Å². The van der Waals surface area contributed by atoms with Gasteiger partial charge in [0.05, 0.1) is 0 Å². The first-order valence-electron chi connectivity index (χ1n) is 11.0. The van der Waals surface area contributed by atoms with Gasteiger partial charge in [0.15, 0.2) is 0 Å². The summed E-state index contributed by atoms with van der Waals surface area (Å²) in [5, 5.41) is 14.8. The Morgan fingerprint density at radius 3 is 2.16 bits per heavy atom. The van der Waals surface area contributed by atoms with E-state index in [-0.39, 0.29) is 24.9 Å².